The van der Waals surface area contributed by atoms with Gasteiger partial charge in [-0.2, -0.15) is 5.10 Å². The van der Waals surface area contributed by atoms with Crippen LogP contribution in [0.3, 0.4) is 0 Å². The summed E-state index contributed by atoms with van der Waals surface area (Å²) < 4.78 is 5.03. The Morgan fingerprint density at radius 3 is 2.69 bits per heavy atom. The van der Waals surface area contributed by atoms with E-state index in [1.807, 2.05) is 0 Å². The minimum Gasteiger partial charge on any atom is -0.504 e. The molecule has 0 aliphatic heterocycles. The number of ether oxygens (including phenoxy) is 1. The van der Waals surface area contributed by atoms with Crippen molar-refractivity contribution in [2.75, 3.05) is 12.4 Å². The minimum atomic E-state index is -0.428. The fourth-order valence-electron chi connectivity index (χ4n) is 2.71. The standard InChI is InChI=1S/C22H27N3O4/c1-3-4-5-6-13-20(26)24-18-11-7-9-16(14-18)22(28)25-23-15-17-10-8-12-19(29-2)21(17)27/h7-12,14-15,27H,3-6,13H2,1-2H3,(H,24,26)(H,25,28). The number of nitrogens with zero attached hydrogens (tertiary/aromatic N) is 1. The number of hydrogen-bond donors (Lipinski definition) is 3. The summed E-state index contributed by atoms with van der Waals surface area (Å²) in [7, 11) is 1.45. The monoisotopic (exact) mass is 397 g/mol. The van der Waals surface area contributed by atoms with Crippen molar-refractivity contribution in [1.29, 1.82) is 0 Å². The number of methoxy groups -OCH3 is 1. The van der Waals surface area contributed by atoms with Gasteiger partial charge in [-0.25, -0.2) is 5.43 Å². The van der Waals surface area contributed by atoms with Crippen molar-refractivity contribution < 1.29 is 19.4 Å². The first-order valence-electron chi connectivity index (χ1n) is 9.64. The maximum absolute atomic E-state index is 12.3. The van der Waals surface area contributed by atoms with E-state index in [-0.39, 0.29) is 11.7 Å². The third kappa shape index (κ3) is 6.95. The molecule has 0 bridgehead atoms. The number of nitrogens with one attached hydrogen (secondary N) is 2. The van der Waals surface area contributed by atoms with Gasteiger partial charge in [-0.15, -0.1) is 0 Å². The number of unbranched alkanes of at least 4 members (excludes halogenated alkanes) is 3. The average molecular weight is 397 g/mol. The predicted molar refractivity (Wildman–Crippen MR) is 114 cm³/mol. The van der Waals surface area contributed by atoms with Gasteiger partial charge in [-0.3, -0.25) is 9.59 Å². The number of rotatable bonds is 10. The second kappa shape index (κ2) is 11.5. The lowest BCUT2D eigenvalue weighted by Gasteiger charge is -2.07. The fraction of sp³-hybridized carbons (Fsp3) is 0.318. The van der Waals surface area contributed by atoms with Crippen LogP contribution in [-0.4, -0.2) is 30.2 Å². The summed E-state index contributed by atoms with van der Waals surface area (Å²) in [4.78, 5) is 24.3. The van der Waals surface area contributed by atoms with E-state index >= 15 is 0 Å². The molecular weight excluding hydrogens is 370 g/mol. The van der Waals surface area contributed by atoms with Crippen LogP contribution in [0.25, 0.3) is 0 Å². The summed E-state index contributed by atoms with van der Waals surface area (Å²) in [5, 5.41) is 16.7. The van der Waals surface area contributed by atoms with E-state index in [0.29, 0.717) is 29.0 Å². The van der Waals surface area contributed by atoms with Crippen LogP contribution in [0, 0.1) is 0 Å². The molecule has 0 heterocycles. The van der Waals surface area contributed by atoms with Crippen LogP contribution in [0.2, 0.25) is 0 Å². The highest BCUT2D eigenvalue weighted by molar-refractivity contribution is 5.97. The van der Waals surface area contributed by atoms with Crippen LogP contribution in [-0.2, 0) is 4.79 Å². The zero-order valence-corrected chi connectivity index (χ0v) is 16.8. The quantitative estimate of drug-likeness (QED) is 0.320. The summed E-state index contributed by atoms with van der Waals surface area (Å²) in [5.41, 5.74) is 3.74. The van der Waals surface area contributed by atoms with Crippen LogP contribution in [0.4, 0.5) is 5.69 Å². The first-order chi connectivity index (χ1) is 14.0. The Labute approximate surface area is 170 Å². The Bertz CT molecular complexity index is 865. The van der Waals surface area contributed by atoms with Crippen LogP contribution >= 0.6 is 0 Å². The fourth-order valence-corrected chi connectivity index (χ4v) is 2.71. The highest BCUT2D eigenvalue weighted by atomic mass is 16.5. The maximum atomic E-state index is 12.3. The second-order valence-electron chi connectivity index (χ2n) is 6.54. The molecule has 0 unspecified atom stereocenters. The topological polar surface area (TPSA) is 100 Å². The van der Waals surface area contributed by atoms with Crippen molar-refractivity contribution in [2.45, 2.75) is 39.0 Å². The summed E-state index contributed by atoms with van der Waals surface area (Å²) in [6, 6.07) is 11.6. The van der Waals surface area contributed by atoms with Gasteiger partial charge >= 0.3 is 0 Å². The van der Waals surface area contributed by atoms with Crippen LogP contribution < -0.4 is 15.5 Å². The van der Waals surface area contributed by atoms with E-state index in [0.717, 1.165) is 25.7 Å². The van der Waals surface area contributed by atoms with Gasteiger partial charge in [0.15, 0.2) is 11.5 Å². The number of aromatic hydroxyl groups is 1. The lowest BCUT2D eigenvalue weighted by atomic mass is 10.1. The SMILES string of the molecule is CCCCCCC(=O)Nc1cccc(C(=O)NN=Cc2cccc(OC)c2O)c1. The first-order valence-corrected chi connectivity index (χ1v) is 9.64. The minimum absolute atomic E-state index is 0.0587. The predicted octanol–water partition coefficient (Wildman–Crippen LogP) is 4.07. The molecule has 2 rings (SSSR count). The molecule has 0 atom stereocenters. The lowest BCUT2D eigenvalue weighted by molar-refractivity contribution is -0.116. The Balaban J connectivity index is 1.93. The number of hydrogen-bond acceptors (Lipinski definition) is 5. The summed E-state index contributed by atoms with van der Waals surface area (Å²) in [6.07, 6.45) is 5.93. The van der Waals surface area contributed by atoms with E-state index in [2.05, 4.69) is 22.8 Å². The van der Waals surface area contributed by atoms with E-state index in [1.54, 1.807) is 42.5 Å². The van der Waals surface area contributed by atoms with E-state index in [9.17, 15) is 14.7 Å². The highest BCUT2D eigenvalue weighted by Crippen LogP contribution is 2.27. The van der Waals surface area contributed by atoms with Crippen molar-refractivity contribution in [2.24, 2.45) is 5.10 Å². The van der Waals surface area contributed by atoms with Crippen molar-refractivity contribution in [1.82, 2.24) is 5.43 Å². The summed E-state index contributed by atoms with van der Waals surface area (Å²) in [6.45, 7) is 2.13. The molecule has 7 nitrogen and oxygen atoms in total. The van der Waals surface area contributed by atoms with Crippen molar-refractivity contribution in [3.8, 4) is 11.5 Å². The van der Waals surface area contributed by atoms with Crippen LogP contribution in [0.1, 0.15) is 54.9 Å². The number of carbonyl (C=O) groups is 2. The molecule has 0 aliphatic carbocycles. The van der Waals surface area contributed by atoms with Gasteiger partial charge in [-0.1, -0.05) is 38.3 Å². The molecule has 2 amide bonds. The molecule has 0 fully saturated rings. The molecular formula is C22H27N3O4. The smallest absolute Gasteiger partial charge is 0.271 e. The molecule has 3 N–H and O–H groups in total. The zero-order valence-electron chi connectivity index (χ0n) is 16.8. The number of carbonyl (C=O) groups excluding carboxylic acids is 2. The molecule has 154 valence electrons. The van der Waals surface area contributed by atoms with Gasteiger partial charge in [-0.05, 0) is 36.8 Å². The third-order valence-corrected chi connectivity index (χ3v) is 4.29. The molecule has 0 spiro atoms. The lowest BCUT2D eigenvalue weighted by Crippen LogP contribution is -2.18. The first kappa shape index (κ1) is 21.9. The molecule has 0 radical (unpaired) electrons. The number of phenolic OH excluding ortho intramolecular Hbond substituents is 1. The number of benzene rings is 2. The zero-order chi connectivity index (χ0) is 21.1. The average Bonchev–Trinajstić information content (AvgIpc) is 2.72. The number of phenols is 1. The second-order valence-corrected chi connectivity index (χ2v) is 6.54. The number of hydrazone groups is 1. The van der Waals surface area contributed by atoms with E-state index in [4.69, 9.17) is 4.74 Å². The van der Waals surface area contributed by atoms with Gasteiger partial charge in [0.1, 0.15) is 0 Å². The normalized spacial score (nSPS) is 10.7. The van der Waals surface area contributed by atoms with Crippen LogP contribution in [0.15, 0.2) is 47.6 Å². The Kier molecular flexibility index (Phi) is 8.69. The number of amides is 2. The van der Waals surface area contributed by atoms with Gasteiger partial charge < -0.3 is 15.2 Å². The molecule has 0 aliphatic rings. The molecule has 0 aromatic heterocycles. The van der Waals surface area contributed by atoms with Crippen molar-refractivity contribution >= 4 is 23.7 Å². The number of para-hydroxylation sites is 1. The van der Waals surface area contributed by atoms with Crippen LogP contribution in [0.5, 0.6) is 11.5 Å². The van der Waals surface area contributed by atoms with E-state index < -0.39 is 5.91 Å². The molecule has 29 heavy (non-hydrogen) atoms. The molecule has 7 heteroatoms. The van der Waals surface area contributed by atoms with Gasteiger partial charge in [0.05, 0.1) is 13.3 Å². The Hall–Kier alpha value is -3.35. The van der Waals surface area contributed by atoms with E-state index in [1.165, 1.54) is 13.3 Å². The van der Waals surface area contributed by atoms with Crippen molar-refractivity contribution in [3.63, 3.8) is 0 Å². The van der Waals surface area contributed by atoms with Gasteiger partial charge in [0, 0.05) is 23.2 Å². The summed E-state index contributed by atoms with van der Waals surface area (Å²) in [5.74, 6) is -0.233. The summed E-state index contributed by atoms with van der Waals surface area (Å²) >= 11 is 0. The number of anilines is 1. The molecule has 0 saturated heterocycles. The largest absolute Gasteiger partial charge is 0.504 e. The highest BCUT2D eigenvalue weighted by Gasteiger charge is 2.08. The maximum Gasteiger partial charge on any atom is 0.271 e. The van der Waals surface area contributed by atoms with Gasteiger partial charge in [0.2, 0.25) is 5.91 Å². The molecule has 2 aromatic carbocycles. The van der Waals surface area contributed by atoms with Gasteiger partial charge in [0.25, 0.3) is 5.91 Å². The Morgan fingerprint density at radius 1 is 1.14 bits per heavy atom. The Morgan fingerprint density at radius 2 is 1.93 bits per heavy atom. The van der Waals surface area contributed by atoms with Crippen molar-refractivity contribution in [3.05, 3.63) is 53.6 Å². The molecule has 2 aromatic rings. The molecule has 0 saturated carbocycles. The third-order valence-electron chi connectivity index (χ3n) is 4.29.